The van der Waals surface area contributed by atoms with Gasteiger partial charge in [-0.3, -0.25) is 4.79 Å². The van der Waals surface area contributed by atoms with E-state index in [4.69, 9.17) is 9.84 Å². The van der Waals surface area contributed by atoms with E-state index in [0.29, 0.717) is 6.42 Å². The van der Waals surface area contributed by atoms with E-state index in [1.807, 2.05) is 38.1 Å². The Morgan fingerprint density at radius 2 is 1.90 bits per heavy atom. The van der Waals surface area contributed by atoms with Gasteiger partial charge < -0.3 is 14.4 Å². The molecule has 4 nitrogen and oxygen atoms in total. The third kappa shape index (κ3) is 2.85. The molecule has 2 rings (SSSR count). The second-order valence-corrected chi connectivity index (χ2v) is 4.82. The maximum Gasteiger partial charge on any atom is 0.303 e. The van der Waals surface area contributed by atoms with E-state index in [1.165, 1.54) is 0 Å². The van der Waals surface area contributed by atoms with E-state index in [-0.39, 0.29) is 6.42 Å². The van der Waals surface area contributed by atoms with Crippen LogP contribution in [-0.2, 0) is 11.2 Å². The minimum absolute atomic E-state index is 0.160. The molecule has 0 radical (unpaired) electrons. The summed E-state index contributed by atoms with van der Waals surface area (Å²) >= 11 is 0. The molecular weight excluding hydrogens is 254 g/mol. The first-order chi connectivity index (χ1) is 9.52. The van der Waals surface area contributed by atoms with Crippen molar-refractivity contribution in [1.82, 2.24) is 4.57 Å². The number of benzene rings is 1. The summed E-state index contributed by atoms with van der Waals surface area (Å²) in [5.74, 6) is 0.0570. The summed E-state index contributed by atoms with van der Waals surface area (Å²) in [5, 5.41) is 8.80. The Bertz CT molecular complexity index is 611. The lowest BCUT2D eigenvalue weighted by atomic mass is 10.1. The van der Waals surface area contributed by atoms with Crippen LogP contribution in [0.4, 0.5) is 0 Å². The van der Waals surface area contributed by atoms with Gasteiger partial charge in [-0.1, -0.05) is 0 Å². The van der Waals surface area contributed by atoms with Crippen molar-refractivity contribution < 1.29 is 14.6 Å². The summed E-state index contributed by atoms with van der Waals surface area (Å²) in [6.45, 7) is 4.05. The molecule has 106 valence electrons. The SMILES string of the molecule is COc1ccc(-n2c(C)cc(CCC(=O)O)c2C)cc1. The smallest absolute Gasteiger partial charge is 0.303 e. The van der Waals surface area contributed by atoms with Gasteiger partial charge in [0.05, 0.1) is 7.11 Å². The second kappa shape index (κ2) is 5.82. The summed E-state index contributed by atoms with van der Waals surface area (Å²) in [7, 11) is 1.64. The molecule has 0 fully saturated rings. The van der Waals surface area contributed by atoms with E-state index < -0.39 is 5.97 Å². The molecule has 1 heterocycles. The summed E-state index contributed by atoms with van der Waals surface area (Å²) in [6, 6.07) is 9.90. The van der Waals surface area contributed by atoms with Gasteiger partial charge in [0.1, 0.15) is 5.75 Å². The topological polar surface area (TPSA) is 51.5 Å². The van der Waals surface area contributed by atoms with Crippen LogP contribution < -0.4 is 4.74 Å². The number of rotatable bonds is 5. The van der Waals surface area contributed by atoms with Gasteiger partial charge in [-0.25, -0.2) is 0 Å². The van der Waals surface area contributed by atoms with Gasteiger partial charge in [0.2, 0.25) is 0 Å². The molecule has 0 unspecified atom stereocenters. The van der Waals surface area contributed by atoms with Gasteiger partial charge >= 0.3 is 5.97 Å². The lowest BCUT2D eigenvalue weighted by molar-refractivity contribution is -0.136. The largest absolute Gasteiger partial charge is 0.497 e. The fourth-order valence-corrected chi connectivity index (χ4v) is 2.45. The number of carboxylic acids is 1. The van der Waals surface area contributed by atoms with E-state index in [2.05, 4.69) is 10.6 Å². The molecule has 1 N–H and O–H groups in total. The molecule has 0 spiro atoms. The van der Waals surface area contributed by atoms with Gasteiger partial charge in [-0.05, 0) is 56.2 Å². The van der Waals surface area contributed by atoms with E-state index in [9.17, 15) is 4.79 Å². The molecule has 0 saturated heterocycles. The zero-order chi connectivity index (χ0) is 14.7. The van der Waals surface area contributed by atoms with E-state index in [0.717, 1.165) is 28.4 Å². The Balaban J connectivity index is 2.33. The van der Waals surface area contributed by atoms with E-state index >= 15 is 0 Å². The molecular formula is C16H19NO3. The third-order valence-electron chi connectivity index (χ3n) is 3.47. The first-order valence-electron chi connectivity index (χ1n) is 6.57. The summed E-state index contributed by atoms with van der Waals surface area (Å²) < 4.78 is 7.30. The summed E-state index contributed by atoms with van der Waals surface area (Å²) in [4.78, 5) is 10.7. The van der Waals surface area contributed by atoms with Crippen molar-refractivity contribution in [3.05, 3.63) is 47.3 Å². The first-order valence-corrected chi connectivity index (χ1v) is 6.57. The van der Waals surface area contributed by atoms with Gasteiger partial charge in [-0.2, -0.15) is 0 Å². The van der Waals surface area contributed by atoms with Crippen LogP contribution in [0.1, 0.15) is 23.4 Å². The Kier molecular flexibility index (Phi) is 4.13. The molecule has 20 heavy (non-hydrogen) atoms. The van der Waals surface area contributed by atoms with Crippen LogP contribution in [0, 0.1) is 13.8 Å². The van der Waals surface area contributed by atoms with Crippen molar-refractivity contribution in [3.8, 4) is 11.4 Å². The molecule has 2 aromatic rings. The van der Waals surface area contributed by atoms with Crippen LogP contribution in [0.15, 0.2) is 30.3 Å². The fraction of sp³-hybridized carbons (Fsp3) is 0.312. The molecule has 0 amide bonds. The number of hydrogen-bond donors (Lipinski definition) is 1. The normalized spacial score (nSPS) is 10.6. The molecule has 0 atom stereocenters. The number of carbonyl (C=O) groups is 1. The highest BCUT2D eigenvalue weighted by molar-refractivity contribution is 5.67. The minimum Gasteiger partial charge on any atom is -0.497 e. The fourth-order valence-electron chi connectivity index (χ4n) is 2.45. The van der Waals surface area contributed by atoms with Crippen molar-refractivity contribution in [1.29, 1.82) is 0 Å². The van der Waals surface area contributed by atoms with Crippen LogP contribution in [0.25, 0.3) is 5.69 Å². The Morgan fingerprint density at radius 3 is 2.45 bits per heavy atom. The van der Waals surface area contributed by atoms with Gasteiger partial charge in [0.25, 0.3) is 0 Å². The molecule has 0 aliphatic rings. The first kappa shape index (κ1) is 14.2. The molecule has 4 heteroatoms. The number of aromatic nitrogens is 1. The van der Waals surface area contributed by atoms with Crippen LogP contribution in [0.3, 0.4) is 0 Å². The molecule has 0 bridgehead atoms. The Labute approximate surface area is 118 Å². The lowest BCUT2D eigenvalue weighted by Crippen LogP contribution is -2.01. The predicted octanol–water partition coefficient (Wildman–Crippen LogP) is 3.12. The average Bonchev–Trinajstić information content (AvgIpc) is 2.71. The van der Waals surface area contributed by atoms with Crippen molar-refractivity contribution in [2.24, 2.45) is 0 Å². The molecule has 0 aliphatic heterocycles. The maximum atomic E-state index is 10.7. The van der Waals surface area contributed by atoms with Crippen LogP contribution in [-0.4, -0.2) is 22.8 Å². The molecule has 1 aromatic heterocycles. The van der Waals surface area contributed by atoms with Crippen molar-refractivity contribution in [2.75, 3.05) is 7.11 Å². The standard InChI is InChI=1S/C16H19NO3/c1-11-10-13(4-9-16(18)19)12(2)17(11)14-5-7-15(20-3)8-6-14/h5-8,10H,4,9H2,1-3H3,(H,18,19). The highest BCUT2D eigenvalue weighted by Gasteiger charge is 2.11. The Hall–Kier alpha value is -2.23. The molecule has 1 aromatic carbocycles. The van der Waals surface area contributed by atoms with Crippen LogP contribution >= 0.6 is 0 Å². The summed E-state index contributed by atoms with van der Waals surface area (Å²) in [6.07, 6.45) is 0.720. The monoisotopic (exact) mass is 273 g/mol. The van der Waals surface area contributed by atoms with Gasteiger partial charge in [0.15, 0.2) is 0 Å². The maximum absolute atomic E-state index is 10.7. The van der Waals surface area contributed by atoms with Crippen molar-refractivity contribution in [2.45, 2.75) is 26.7 Å². The number of carboxylic acid groups (broad SMARTS) is 1. The number of aliphatic carboxylic acids is 1. The van der Waals surface area contributed by atoms with Crippen molar-refractivity contribution >= 4 is 5.97 Å². The number of methoxy groups -OCH3 is 1. The predicted molar refractivity (Wildman–Crippen MR) is 77.8 cm³/mol. The van der Waals surface area contributed by atoms with Gasteiger partial charge in [0, 0.05) is 23.5 Å². The average molecular weight is 273 g/mol. The van der Waals surface area contributed by atoms with E-state index in [1.54, 1.807) is 7.11 Å². The lowest BCUT2D eigenvalue weighted by Gasteiger charge is -2.10. The Morgan fingerprint density at radius 1 is 1.25 bits per heavy atom. The number of nitrogens with zero attached hydrogens (tertiary/aromatic N) is 1. The second-order valence-electron chi connectivity index (χ2n) is 4.82. The number of hydrogen-bond acceptors (Lipinski definition) is 2. The summed E-state index contributed by atoms with van der Waals surface area (Å²) in [5.41, 5.74) is 4.34. The zero-order valence-corrected chi connectivity index (χ0v) is 12.0. The van der Waals surface area contributed by atoms with Gasteiger partial charge in [-0.15, -0.1) is 0 Å². The van der Waals surface area contributed by atoms with Crippen molar-refractivity contribution in [3.63, 3.8) is 0 Å². The highest BCUT2D eigenvalue weighted by atomic mass is 16.5. The third-order valence-corrected chi connectivity index (χ3v) is 3.47. The van der Waals surface area contributed by atoms with Crippen LogP contribution in [0.2, 0.25) is 0 Å². The zero-order valence-electron chi connectivity index (χ0n) is 12.0. The number of ether oxygens (including phenoxy) is 1. The molecule has 0 aliphatic carbocycles. The van der Waals surface area contributed by atoms with Crippen LogP contribution in [0.5, 0.6) is 5.75 Å². The minimum atomic E-state index is -0.765. The molecule has 0 saturated carbocycles. The quantitative estimate of drug-likeness (QED) is 0.910. The highest BCUT2D eigenvalue weighted by Crippen LogP contribution is 2.23. The number of aryl methyl sites for hydroxylation is 2.